The minimum absolute atomic E-state index is 0.0986. The molecule has 3 aromatic carbocycles. The van der Waals surface area contributed by atoms with Crippen LogP contribution in [-0.4, -0.2) is 0 Å². The first kappa shape index (κ1) is 24.4. The standard InChI is InChI=1S/C30H38ClN/c1-9-21-17-26(27(31)25(10-2)28(21)32)30(7,8)23-13-11-12-22(18-23)29(5,6)24-15-14-19(3)20(4)16-24/h11-18H,9-10,32H2,1-8H3. The second kappa shape index (κ2) is 8.94. The van der Waals surface area contributed by atoms with Crippen LogP contribution in [0.1, 0.15) is 86.1 Å². The summed E-state index contributed by atoms with van der Waals surface area (Å²) in [5.74, 6) is 0. The molecule has 3 aromatic rings. The Labute approximate surface area is 200 Å². The molecule has 0 saturated heterocycles. The summed E-state index contributed by atoms with van der Waals surface area (Å²) in [5, 5.41) is 0.811. The van der Waals surface area contributed by atoms with Gasteiger partial charge in [0.1, 0.15) is 0 Å². The first-order valence-electron chi connectivity index (χ1n) is 11.7. The van der Waals surface area contributed by atoms with E-state index in [1.807, 2.05) is 0 Å². The summed E-state index contributed by atoms with van der Waals surface area (Å²) in [4.78, 5) is 0. The van der Waals surface area contributed by atoms with E-state index in [4.69, 9.17) is 17.3 Å². The molecular formula is C30H38ClN. The zero-order chi connectivity index (χ0) is 23.8. The van der Waals surface area contributed by atoms with Crippen LogP contribution in [0.2, 0.25) is 5.02 Å². The largest absolute Gasteiger partial charge is 0.398 e. The molecule has 170 valence electrons. The summed E-state index contributed by atoms with van der Waals surface area (Å²) >= 11 is 6.96. The van der Waals surface area contributed by atoms with Crippen molar-refractivity contribution in [2.24, 2.45) is 0 Å². The minimum atomic E-state index is -0.242. The maximum Gasteiger partial charge on any atom is 0.0499 e. The monoisotopic (exact) mass is 447 g/mol. The molecule has 0 atom stereocenters. The number of nitrogens with two attached hydrogens (primary N) is 1. The highest BCUT2D eigenvalue weighted by Crippen LogP contribution is 2.42. The van der Waals surface area contributed by atoms with Gasteiger partial charge < -0.3 is 5.73 Å². The van der Waals surface area contributed by atoms with E-state index in [1.54, 1.807) is 0 Å². The van der Waals surface area contributed by atoms with E-state index >= 15 is 0 Å². The van der Waals surface area contributed by atoms with Crippen molar-refractivity contribution in [3.63, 3.8) is 0 Å². The summed E-state index contributed by atoms with van der Waals surface area (Å²) in [5.41, 5.74) is 16.9. The van der Waals surface area contributed by atoms with Crippen molar-refractivity contribution in [2.45, 2.75) is 79.1 Å². The van der Waals surface area contributed by atoms with E-state index < -0.39 is 0 Å². The molecule has 0 aliphatic carbocycles. The molecule has 1 nitrogen and oxygen atoms in total. The molecule has 2 N–H and O–H groups in total. The second-order valence-corrected chi connectivity index (χ2v) is 10.5. The summed E-state index contributed by atoms with van der Waals surface area (Å²) in [6.45, 7) is 17.8. The van der Waals surface area contributed by atoms with Gasteiger partial charge in [0.2, 0.25) is 0 Å². The Hall–Kier alpha value is -2.25. The third kappa shape index (κ3) is 4.20. The second-order valence-electron chi connectivity index (χ2n) is 10.1. The number of rotatable bonds is 6. The molecular weight excluding hydrogens is 410 g/mol. The molecule has 0 unspecified atom stereocenters. The van der Waals surface area contributed by atoms with Gasteiger partial charge in [-0.25, -0.2) is 0 Å². The Morgan fingerprint density at radius 2 is 1.34 bits per heavy atom. The highest BCUT2D eigenvalue weighted by molar-refractivity contribution is 6.32. The molecule has 0 aromatic heterocycles. The van der Waals surface area contributed by atoms with Crippen molar-refractivity contribution >= 4 is 17.3 Å². The number of benzene rings is 3. The third-order valence-corrected chi connectivity index (χ3v) is 7.87. The van der Waals surface area contributed by atoms with E-state index in [-0.39, 0.29) is 10.8 Å². The predicted octanol–water partition coefficient (Wildman–Crippen LogP) is 8.32. The number of hydrogen-bond donors (Lipinski definition) is 1. The molecule has 2 heteroatoms. The van der Waals surface area contributed by atoms with Crippen LogP contribution in [0.25, 0.3) is 0 Å². The number of nitrogen functional groups attached to an aromatic ring is 1. The van der Waals surface area contributed by atoms with Crippen molar-refractivity contribution in [3.05, 3.63) is 98.1 Å². The molecule has 0 aliphatic heterocycles. The fraction of sp³-hybridized carbons (Fsp3) is 0.400. The van der Waals surface area contributed by atoms with Crippen LogP contribution in [0, 0.1) is 13.8 Å². The summed E-state index contributed by atoms with van der Waals surface area (Å²) in [6.07, 6.45) is 1.74. The van der Waals surface area contributed by atoms with Gasteiger partial charge in [-0.2, -0.15) is 0 Å². The zero-order valence-corrected chi connectivity index (χ0v) is 21.7. The van der Waals surface area contributed by atoms with E-state index in [2.05, 4.69) is 104 Å². The maximum atomic E-state index is 6.96. The van der Waals surface area contributed by atoms with Crippen LogP contribution in [0.3, 0.4) is 0 Å². The zero-order valence-electron chi connectivity index (χ0n) is 21.0. The maximum absolute atomic E-state index is 6.96. The average Bonchev–Trinajstić information content (AvgIpc) is 2.76. The summed E-state index contributed by atoms with van der Waals surface area (Å²) in [7, 11) is 0. The first-order valence-corrected chi connectivity index (χ1v) is 12.1. The Bertz CT molecular complexity index is 1140. The molecule has 0 saturated carbocycles. The quantitative estimate of drug-likeness (QED) is 0.377. The van der Waals surface area contributed by atoms with Crippen LogP contribution >= 0.6 is 11.6 Å². The molecule has 0 spiro atoms. The fourth-order valence-electron chi connectivity index (χ4n) is 4.63. The van der Waals surface area contributed by atoms with Gasteiger partial charge in [-0.1, -0.05) is 102 Å². The van der Waals surface area contributed by atoms with Gasteiger partial charge in [0.05, 0.1) is 0 Å². The molecule has 0 fully saturated rings. The van der Waals surface area contributed by atoms with Crippen molar-refractivity contribution in [3.8, 4) is 0 Å². The van der Waals surface area contributed by atoms with Gasteiger partial charge in [0.15, 0.2) is 0 Å². The summed E-state index contributed by atoms with van der Waals surface area (Å²) < 4.78 is 0. The molecule has 0 heterocycles. The number of hydrogen-bond acceptors (Lipinski definition) is 1. The van der Waals surface area contributed by atoms with E-state index in [0.29, 0.717) is 0 Å². The van der Waals surface area contributed by atoms with Crippen LogP contribution in [-0.2, 0) is 23.7 Å². The van der Waals surface area contributed by atoms with Gasteiger partial charge in [-0.05, 0) is 71.2 Å². The summed E-state index contributed by atoms with van der Waals surface area (Å²) in [6, 6.07) is 18.0. The van der Waals surface area contributed by atoms with Crippen molar-refractivity contribution in [1.82, 2.24) is 0 Å². The molecule has 0 radical (unpaired) electrons. The molecule has 0 aliphatic rings. The lowest BCUT2D eigenvalue weighted by Gasteiger charge is -2.32. The Kier molecular flexibility index (Phi) is 6.82. The van der Waals surface area contributed by atoms with Gasteiger partial charge in [-0.3, -0.25) is 0 Å². The normalized spacial score (nSPS) is 12.3. The van der Waals surface area contributed by atoms with Gasteiger partial charge >= 0.3 is 0 Å². The lowest BCUT2D eigenvalue weighted by atomic mass is 9.72. The van der Waals surface area contributed by atoms with E-state index in [1.165, 1.54) is 33.4 Å². The van der Waals surface area contributed by atoms with Crippen molar-refractivity contribution in [1.29, 1.82) is 0 Å². The van der Waals surface area contributed by atoms with Crippen molar-refractivity contribution in [2.75, 3.05) is 5.73 Å². The van der Waals surface area contributed by atoms with Crippen LogP contribution in [0.15, 0.2) is 48.5 Å². The Morgan fingerprint density at radius 1 is 0.750 bits per heavy atom. The van der Waals surface area contributed by atoms with Gasteiger partial charge in [0.25, 0.3) is 0 Å². The van der Waals surface area contributed by atoms with Gasteiger partial charge in [0, 0.05) is 21.5 Å². The van der Waals surface area contributed by atoms with Crippen LogP contribution in [0.4, 0.5) is 5.69 Å². The molecule has 0 amide bonds. The first-order chi connectivity index (χ1) is 14.9. The molecule has 0 bridgehead atoms. The van der Waals surface area contributed by atoms with Crippen molar-refractivity contribution < 1.29 is 0 Å². The average molecular weight is 448 g/mol. The topological polar surface area (TPSA) is 26.0 Å². The van der Waals surface area contributed by atoms with Crippen LogP contribution < -0.4 is 5.73 Å². The SMILES string of the molecule is CCc1cc(C(C)(C)c2cccc(C(C)(C)c3ccc(C)c(C)c3)c2)c(Cl)c(CC)c1N. The smallest absolute Gasteiger partial charge is 0.0499 e. The lowest BCUT2D eigenvalue weighted by Crippen LogP contribution is -2.24. The lowest BCUT2D eigenvalue weighted by molar-refractivity contribution is 0.616. The van der Waals surface area contributed by atoms with E-state index in [0.717, 1.165) is 34.7 Å². The molecule has 3 rings (SSSR count). The minimum Gasteiger partial charge on any atom is -0.398 e. The number of aryl methyl sites for hydroxylation is 3. The highest BCUT2D eigenvalue weighted by atomic mass is 35.5. The highest BCUT2D eigenvalue weighted by Gasteiger charge is 2.31. The Morgan fingerprint density at radius 3 is 1.91 bits per heavy atom. The molecule has 32 heavy (non-hydrogen) atoms. The van der Waals surface area contributed by atoms with Gasteiger partial charge in [-0.15, -0.1) is 0 Å². The fourth-order valence-corrected chi connectivity index (χ4v) is 5.16. The van der Waals surface area contributed by atoms with Crippen LogP contribution in [0.5, 0.6) is 0 Å². The third-order valence-electron chi connectivity index (χ3n) is 7.43. The predicted molar refractivity (Wildman–Crippen MR) is 141 cm³/mol. The Balaban J connectivity index is 2.14. The number of anilines is 1. The van der Waals surface area contributed by atoms with E-state index in [9.17, 15) is 0 Å². The number of halogens is 1.